The number of benzene rings is 2. The van der Waals surface area contributed by atoms with Crippen LogP contribution in [0, 0.1) is 0 Å². The fraction of sp³-hybridized carbons (Fsp3) is 0.296. The number of carbonyl (C=O) groups excluding carboxylic acids is 1. The van der Waals surface area contributed by atoms with Gasteiger partial charge in [-0.2, -0.15) is 0 Å². The summed E-state index contributed by atoms with van der Waals surface area (Å²) in [5, 5.41) is 11.9. The van der Waals surface area contributed by atoms with Crippen molar-refractivity contribution < 1.29 is 13.9 Å². The first-order valence-corrected chi connectivity index (χ1v) is 11.8. The Morgan fingerprint density at radius 3 is 2.80 bits per heavy atom. The second kappa shape index (κ2) is 10.1. The van der Waals surface area contributed by atoms with E-state index in [0.29, 0.717) is 11.3 Å². The molecule has 1 amide bonds. The molecule has 0 spiro atoms. The predicted octanol–water partition coefficient (Wildman–Crippen LogP) is 4.10. The average Bonchev–Trinajstić information content (AvgIpc) is 3.52. The molecule has 1 aliphatic rings. The number of nitrogens with one attached hydrogen (secondary N) is 1. The molecule has 1 unspecified atom stereocenters. The summed E-state index contributed by atoms with van der Waals surface area (Å²) < 4.78 is 13.0. The van der Waals surface area contributed by atoms with Crippen LogP contribution >= 0.6 is 0 Å². The highest BCUT2D eigenvalue weighted by molar-refractivity contribution is 5.94. The third-order valence-electron chi connectivity index (χ3n) is 6.41. The number of fused-ring (bicyclic) bond motifs is 1. The Bertz CT molecular complexity index is 1300. The maximum atomic E-state index is 12.8. The van der Waals surface area contributed by atoms with Gasteiger partial charge in [0, 0.05) is 43.7 Å². The van der Waals surface area contributed by atoms with E-state index < -0.39 is 0 Å². The van der Waals surface area contributed by atoms with Crippen LogP contribution in [0.1, 0.15) is 40.5 Å². The van der Waals surface area contributed by atoms with Gasteiger partial charge >= 0.3 is 0 Å². The number of aromatic nitrogens is 3. The SMILES string of the molecule is COc1cccc(C(=O)NC(C)c2nnc3n2CCN(Cc2ccccc2-c2ccco2)CC3)c1. The number of furan rings is 1. The zero-order chi connectivity index (χ0) is 24.2. The van der Waals surface area contributed by atoms with Gasteiger partial charge in [0.25, 0.3) is 5.91 Å². The van der Waals surface area contributed by atoms with Gasteiger partial charge in [0.2, 0.25) is 0 Å². The molecule has 0 radical (unpaired) electrons. The molecule has 35 heavy (non-hydrogen) atoms. The van der Waals surface area contributed by atoms with Gasteiger partial charge < -0.3 is 19.0 Å². The minimum Gasteiger partial charge on any atom is -0.497 e. The Morgan fingerprint density at radius 1 is 1.09 bits per heavy atom. The van der Waals surface area contributed by atoms with Crippen LogP contribution in [-0.4, -0.2) is 45.8 Å². The van der Waals surface area contributed by atoms with Crippen LogP contribution in [0.4, 0.5) is 0 Å². The van der Waals surface area contributed by atoms with Crippen molar-refractivity contribution >= 4 is 5.91 Å². The number of carbonyl (C=O) groups is 1. The molecule has 0 saturated carbocycles. The summed E-state index contributed by atoms with van der Waals surface area (Å²) in [6.07, 6.45) is 2.51. The minimum atomic E-state index is -0.277. The summed E-state index contributed by atoms with van der Waals surface area (Å²) in [5.41, 5.74) is 2.91. The van der Waals surface area contributed by atoms with Gasteiger partial charge in [-0.3, -0.25) is 9.69 Å². The van der Waals surface area contributed by atoms with Crippen molar-refractivity contribution in [3.8, 4) is 17.1 Å². The number of methoxy groups -OCH3 is 1. The number of rotatable bonds is 7. The molecule has 2 aromatic heterocycles. The quantitative estimate of drug-likeness (QED) is 0.437. The van der Waals surface area contributed by atoms with E-state index in [1.54, 1.807) is 31.6 Å². The van der Waals surface area contributed by atoms with E-state index in [2.05, 4.69) is 43.2 Å². The van der Waals surface area contributed by atoms with E-state index in [0.717, 1.165) is 55.6 Å². The van der Waals surface area contributed by atoms with Gasteiger partial charge in [-0.05, 0) is 42.8 Å². The summed E-state index contributed by atoms with van der Waals surface area (Å²) in [4.78, 5) is 15.2. The fourth-order valence-corrected chi connectivity index (χ4v) is 4.55. The number of hydrogen-bond acceptors (Lipinski definition) is 6. The van der Waals surface area contributed by atoms with Crippen molar-refractivity contribution in [2.75, 3.05) is 20.2 Å². The average molecular weight is 472 g/mol. The topological polar surface area (TPSA) is 85.4 Å². The second-order valence-corrected chi connectivity index (χ2v) is 8.71. The van der Waals surface area contributed by atoms with Crippen LogP contribution in [0.5, 0.6) is 5.75 Å². The number of ether oxygens (including phenoxy) is 1. The van der Waals surface area contributed by atoms with Crippen molar-refractivity contribution in [1.29, 1.82) is 0 Å². The Kier molecular flexibility index (Phi) is 6.63. The van der Waals surface area contributed by atoms with Crippen molar-refractivity contribution in [1.82, 2.24) is 25.0 Å². The minimum absolute atomic E-state index is 0.168. The monoisotopic (exact) mass is 471 g/mol. The summed E-state index contributed by atoms with van der Waals surface area (Å²) >= 11 is 0. The first kappa shape index (κ1) is 22.9. The molecule has 0 bridgehead atoms. The van der Waals surface area contributed by atoms with Crippen LogP contribution in [0.25, 0.3) is 11.3 Å². The Morgan fingerprint density at radius 2 is 1.97 bits per heavy atom. The third-order valence-corrected chi connectivity index (χ3v) is 6.41. The summed E-state index contributed by atoms with van der Waals surface area (Å²) in [5.74, 6) is 3.09. The van der Waals surface area contributed by atoms with Crippen molar-refractivity contribution in [3.63, 3.8) is 0 Å². The van der Waals surface area contributed by atoms with Gasteiger partial charge in [0.05, 0.1) is 19.4 Å². The first-order valence-electron chi connectivity index (χ1n) is 11.8. The smallest absolute Gasteiger partial charge is 0.251 e. The molecule has 1 aliphatic heterocycles. The summed E-state index contributed by atoms with van der Waals surface area (Å²) in [7, 11) is 1.59. The fourth-order valence-electron chi connectivity index (χ4n) is 4.55. The zero-order valence-corrected chi connectivity index (χ0v) is 20.0. The van der Waals surface area contributed by atoms with E-state index in [-0.39, 0.29) is 11.9 Å². The molecular weight excluding hydrogens is 442 g/mol. The molecule has 0 aliphatic carbocycles. The van der Waals surface area contributed by atoms with Crippen LogP contribution in [-0.2, 0) is 19.5 Å². The molecule has 0 fully saturated rings. The van der Waals surface area contributed by atoms with Crippen LogP contribution in [0.3, 0.4) is 0 Å². The van der Waals surface area contributed by atoms with Gasteiger partial charge in [-0.15, -0.1) is 10.2 Å². The number of amides is 1. The molecule has 1 atom stereocenters. The van der Waals surface area contributed by atoms with E-state index in [9.17, 15) is 4.79 Å². The molecule has 180 valence electrons. The lowest BCUT2D eigenvalue weighted by atomic mass is 10.0. The van der Waals surface area contributed by atoms with Gasteiger partial charge in [-0.25, -0.2) is 0 Å². The predicted molar refractivity (Wildman–Crippen MR) is 132 cm³/mol. The van der Waals surface area contributed by atoms with Gasteiger partial charge in [0.1, 0.15) is 17.3 Å². The lowest BCUT2D eigenvalue weighted by Gasteiger charge is -2.21. The highest BCUT2D eigenvalue weighted by Crippen LogP contribution is 2.26. The molecule has 4 aromatic rings. The maximum absolute atomic E-state index is 12.8. The Labute approximate surface area is 204 Å². The molecule has 0 saturated heterocycles. The lowest BCUT2D eigenvalue weighted by Crippen LogP contribution is -2.30. The van der Waals surface area contributed by atoms with E-state index >= 15 is 0 Å². The Balaban J connectivity index is 1.26. The van der Waals surface area contributed by atoms with Gasteiger partial charge in [-0.1, -0.05) is 30.3 Å². The third kappa shape index (κ3) is 4.97. The Hall–Kier alpha value is -3.91. The first-order chi connectivity index (χ1) is 17.1. The zero-order valence-electron chi connectivity index (χ0n) is 20.0. The largest absolute Gasteiger partial charge is 0.497 e. The molecule has 3 heterocycles. The van der Waals surface area contributed by atoms with Crippen LogP contribution < -0.4 is 10.1 Å². The standard InChI is InChI=1S/C27H29N5O3/c1-19(28-27(33)20-8-5-9-22(17-20)34-2)26-30-29-25-12-13-31(14-15-32(25)26)18-21-7-3-4-10-23(21)24-11-6-16-35-24/h3-11,16-17,19H,12-15,18H2,1-2H3,(H,28,33). The van der Waals surface area contributed by atoms with E-state index in [1.165, 1.54) is 5.56 Å². The summed E-state index contributed by atoms with van der Waals surface area (Å²) in [6, 6.07) is 19.1. The number of nitrogens with zero attached hydrogens (tertiary/aromatic N) is 4. The second-order valence-electron chi connectivity index (χ2n) is 8.71. The molecule has 1 N–H and O–H groups in total. The molecule has 8 nitrogen and oxygen atoms in total. The van der Waals surface area contributed by atoms with Crippen molar-refractivity contribution in [2.45, 2.75) is 32.5 Å². The van der Waals surface area contributed by atoms with Crippen LogP contribution in [0.2, 0.25) is 0 Å². The normalized spacial score (nSPS) is 14.7. The van der Waals surface area contributed by atoms with Crippen molar-refractivity contribution in [3.05, 3.63) is 89.7 Å². The van der Waals surface area contributed by atoms with Gasteiger partial charge in [0.15, 0.2) is 5.82 Å². The lowest BCUT2D eigenvalue weighted by molar-refractivity contribution is 0.0937. The highest BCUT2D eigenvalue weighted by Gasteiger charge is 2.23. The van der Waals surface area contributed by atoms with E-state index in [4.69, 9.17) is 9.15 Å². The number of hydrogen-bond donors (Lipinski definition) is 1. The molecule has 5 rings (SSSR count). The van der Waals surface area contributed by atoms with Crippen LogP contribution in [0.15, 0.2) is 71.3 Å². The molecular formula is C27H29N5O3. The summed E-state index contributed by atoms with van der Waals surface area (Å²) in [6.45, 7) is 5.28. The van der Waals surface area contributed by atoms with E-state index in [1.807, 2.05) is 31.2 Å². The molecule has 8 heteroatoms. The van der Waals surface area contributed by atoms with Crippen molar-refractivity contribution in [2.24, 2.45) is 0 Å². The highest BCUT2D eigenvalue weighted by atomic mass is 16.5. The maximum Gasteiger partial charge on any atom is 0.251 e. The molecule has 2 aromatic carbocycles.